The zero-order valence-corrected chi connectivity index (χ0v) is 13.8. The van der Waals surface area contributed by atoms with Gasteiger partial charge >= 0.3 is 11.9 Å². The molecule has 5 nitrogen and oxygen atoms in total. The summed E-state index contributed by atoms with van der Waals surface area (Å²) in [6.45, 7) is 1.85. The fourth-order valence-corrected chi connectivity index (χ4v) is 2.69. The van der Waals surface area contributed by atoms with E-state index in [4.69, 9.17) is 0 Å². The number of aryl methyl sites for hydroxylation is 1. The van der Waals surface area contributed by atoms with Gasteiger partial charge in [0.15, 0.2) is 0 Å². The van der Waals surface area contributed by atoms with Gasteiger partial charge in [0.1, 0.15) is 5.92 Å². The largest absolute Gasteiger partial charge is 0.481 e. The number of ether oxygens (including phenoxy) is 1. The number of aliphatic carboxylic acids is 1. The van der Waals surface area contributed by atoms with Crippen molar-refractivity contribution in [3.8, 4) is 0 Å². The first-order valence-corrected chi connectivity index (χ1v) is 8.00. The summed E-state index contributed by atoms with van der Waals surface area (Å²) in [5.74, 6) is -2.11. The number of aliphatic hydroxyl groups excluding tert-OH is 1. The molecule has 1 rings (SSSR count). The summed E-state index contributed by atoms with van der Waals surface area (Å²) in [6.07, 6.45) is 3.14. The fourth-order valence-electron chi connectivity index (χ4n) is 2.69. The lowest BCUT2D eigenvalue weighted by Gasteiger charge is -2.21. The molecule has 1 aromatic carbocycles. The molecule has 5 heteroatoms. The molecule has 0 bridgehead atoms. The smallest absolute Gasteiger partial charge is 0.313 e. The second kappa shape index (κ2) is 10.0. The summed E-state index contributed by atoms with van der Waals surface area (Å²) < 4.78 is 4.57. The number of rotatable bonds is 10. The number of carboxylic acids is 1. The van der Waals surface area contributed by atoms with Crippen molar-refractivity contribution in [2.45, 2.75) is 57.5 Å². The molecule has 0 fully saturated rings. The Kier molecular flexibility index (Phi) is 8.33. The molecule has 0 aliphatic carbocycles. The van der Waals surface area contributed by atoms with Gasteiger partial charge in [-0.25, -0.2) is 0 Å². The lowest BCUT2D eigenvalue weighted by atomic mass is 9.87. The molecule has 0 heterocycles. The third-order valence-electron chi connectivity index (χ3n) is 4.03. The van der Waals surface area contributed by atoms with E-state index in [1.54, 1.807) is 12.1 Å². The molecule has 0 radical (unpaired) electrons. The highest BCUT2D eigenvalue weighted by atomic mass is 16.5. The van der Waals surface area contributed by atoms with Crippen LogP contribution >= 0.6 is 0 Å². The highest BCUT2D eigenvalue weighted by Gasteiger charge is 2.28. The third-order valence-corrected chi connectivity index (χ3v) is 4.03. The molecular weight excluding hydrogens is 296 g/mol. The normalized spacial score (nSPS) is 13.3. The van der Waals surface area contributed by atoms with Gasteiger partial charge < -0.3 is 14.9 Å². The predicted octanol–water partition coefficient (Wildman–Crippen LogP) is 3.04. The van der Waals surface area contributed by atoms with Gasteiger partial charge in [0.25, 0.3) is 0 Å². The van der Waals surface area contributed by atoms with Crippen LogP contribution in [0.25, 0.3) is 0 Å². The highest BCUT2D eigenvalue weighted by molar-refractivity contribution is 5.77. The number of carboxylic acid groups (broad SMARTS) is 1. The van der Waals surface area contributed by atoms with Crippen molar-refractivity contribution in [1.82, 2.24) is 0 Å². The Hall–Kier alpha value is -1.88. The molecule has 2 atom stereocenters. The number of carbonyl (C=O) groups excluding carboxylic acids is 1. The first-order chi connectivity index (χ1) is 11.0. The minimum Gasteiger partial charge on any atom is -0.481 e. The van der Waals surface area contributed by atoms with E-state index in [2.05, 4.69) is 4.74 Å². The van der Waals surface area contributed by atoms with E-state index < -0.39 is 18.0 Å². The third kappa shape index (κ3) is 6.40. The Balaban J connectivity index is 2.44. The van der Waals surface area contributed by atoms with Crippen LogP contribution in [0.15, 0.2) is 24.3 Å². The van der Waals surface area contributed by atoms with Gasteiger partial charge in [-0.2, -0.15) is 0 Å². The maximum Gasteiger partial charge on any atom is 0.313 e. The number of aliphatic hydroxyl groups is 1. The van der Waals surface area contributed by atoms with E-state index in [1.807, 2.05) is 19.1 Å². The number of carbonyl (C=O) groups is 2. The van der Waals surface area contributed by atoms with Crippen LogP contribution in [0.2, 0.25) is 0 Å². The maximum absolute atomic E-state index is 11.5. The lowest BCUT2D eigenvalue weighted by Crippen LogP contribution is -2.26. The molecule has 0 amide bonds. The molecule has 0 aromatic heterocycles. The van der Waals surface area contributed by atoms with Crippen molar-refractivity contribution in [2.75, 3.05) is 7.11 Å². The van der Waals surface area contributed by atoms with Gasteiger partial charge in [-0.05, 0) is 30.9 Å². The van der Waals surface area contributed by atoms with Crippen LogP contribution in [0.4, 0.5) is 0 Å². The van der Waals surface area contributed by atoms with Crippen molar-refractivity contribution in [1.29, 1.82) is 0 Å². The fraction of sp³-hybridized carbons (Fsp3) is 0.556. The molecule has 2 N–H and O–H groups in total. The molecule has 1 aromatic rings. The van der Waals surface area contributed by atoms with Crippen LogP contribution in [-0.2, 0) is 14.3 Å². The van der Waals surface area contributed by atoms with Crippen molar-refractivity contribution in [3.05, 3.63) is 35.4 Å². The summed E-state index contributed by atoms with van der Waals surface area (Å²) in [4.78, 5) is 22.5. The molecule has 2 unspecified atom stereocenters. The average molecular weight is 322 g/mol. The number of hydrogen-bond acceptors (Lipinski definition) is 4. The zero-order valence-electron chi connectivity index (χ0n) is 13.8. The maximum atomic E-state index is 11.5. The number of methoxy groups -OCH3 is 1. The van der Waals surface area contributed by atoms with E-state index >= 15 is 0 Å². The number of benzene rings is 1. The highest BCUT2D eigenvalue weighted by Crippen LogP contribution is 2.26. The minimum absolute atomic E-state index is 0.212. The van der Waals surface area contributed by atoms with E-state index in [0.29, 0.717) is 18.4 Å². The summed E-state index contributed by atoms with van der Waals surface area (Å²) >= 11 is 0. The van der Waals surface area contributed by atoms with E-state index in [0.717, 1.165) is 31.2 Å². The number of esters is 1. The number of unbranched alkanes of at least 4 members (excludes halogenated alkanes) is 3. The lowest BCUT2D eigenvalue weighted by molar-refractivity contribution is -0.142. The molecule has 0 saturated carbocycles. The minimum atomic E-state index is -1.00. The molecule has 128 valence electrons. The molecule has 0 spiro atoms. The molecule has 0 saturated heterocycles. The van der Waals surface area contributed by atoms with Crippen LogP contribution < -0.4 is 0 Å². The molecule has 0 aliphatic heterocycles. The SMILES string of the molecule is COC(=O)CCCCCCC(O)C(C(=O)O)c1ccccc1C. The van der Waals surface area contributed by atoms with Crippen LogP contribution in [-0.4, -0.2) is 35.4 Å². The quantitative estimate of drug-likeness (QED) is 0.511. The first kappa shape index (κ1) is 19.2. The van der Waals surface area contributed by atoms with E-state index in [9.17, 15) is 19.8 Å². The van der Waals surface area contributed by atoms with E-state index in [1.165, 1.54) is 7.11 Å². The van der Waals surface area contributed by atoms with Gasteiger partial charge in [-0.3, -0.25) is 9.59 Å². The van der Waals surface area contributed by atoms with Gasteiger partial charge in [0, 0.05) is 6.42 Å². The molecule has 23 heavy (non-hydrogen) atoms. The monoisotopic (exact) mass is 322 g/mol. The van der Waals surface area contributed by atoms with Crippen LogP contribution in [0.1, 0.15) is 55.6 Å². The van der Waals surface area contributed by atoms with Crippen molar-refractivity contribution in [3.63, 3.8) is 0 Å². The zero-order chi connectivity index (χ0) is 17.2. The van der Waals surface area contributed by atoms with E-state index in [-0.39, 0.29) is 5.97 Å². The second-order valence-electron chi connectivity index (χ2n) is 5.77. The molecule has 0 aliphatic rings. The summed E-state index contributed by atoms with van der Waals surface area (Å²) in [5.41, 5.74) is 1.54. The Morgan fingerprint density at radius 1 is 1.13 bits per heavy atom. The summed E-state index contributed by atoms with van der Waals surface area (Å²) in [5, 5.41) is 19.7. The van der Waals surface area contributed by atoms with Gasteiger partial charge in [0.05, 0.1) is 13.2 Å². The predicted molar refractivity (Wildman–Crippen MR) is 87.3 cm³/mol. The standard InChI is InChI=1S/C18H26O5/c1-13-9-7-8-10-14(13)17(18(21)22)15(19)11-5-3-4-6-12-16(20)23-2/h7-10,15,17,19H,3-6,11-12H2,1-2H3,(H,21,22). The first-order valence-electron chi connectivity index (χ1n) is 8.00. The van der Waals surface area contributed by atoms with Crippen LogP contribution in [0.5, 0.6) is 0 Å². The average Bonchev–Trinajstić information content (AvgIpc) is 2.52. The van der Waals surface area contributed by atoms with Crippen molar-refractivity contribution in [2.24, 2.45) is 0 Å². The Labute approximate surface area is 137 Å². The van der Waals surface area contributed by atoms with Gasteiger partial charge in [-0.15, -0.1) is 0 Å². The van der Waals surface area contributed by atoms with Crippen molar-refractivity contribution < 1.29 is 24.5 Å². The second-order valence-corrected chi connectivity index (χ2v) is 5.77. The summed E-state index contributed by atoms with van der Waals surface area (Å²) in [7, 11) is 1.37. The van der Waals surface area contributed by atoms with Gasteiger partial charge in [0.2, 0.25) is 0 Å². The van der Waals surface area contributed by atoms with Crippen LogP contribution in [0.3, 0.4) is 0 Å². The number of hydrogen-bond donors (Lipinski definition) is 2. The molecular formula is C18H26O5. The Morgan fingerprint density at radius 2 is 1.78 bits per heavy atom. The Morgan fingerprint density at radius 3 is 2.39 bits per heavy atom. The Bertz CT molecular complexity index is 512. The van der Waals surface area contributed by atoms with Crippen molar-refractivity contribution >= 4 is 11.9 Å². The topological polar surface area (TPSA) is 83.8 Å². The van der Waals surface area contributed by atoms with Gasteiger partial charge in [-0.1, -0.05) is 43.5 Å². The van der Waals surface area contributed by atoms with Crippen LogP contribution in [0, 0.1) is 6.92 Å². The summed E-state index contributed by atoms with van der Waals surface area (Å²) in [6, 6.07) is 7.25.